The molecule has 0 amide bonds. The molecular weight excluding hydrogens is 256 g/mol. The van der Waals surface area contributed by atoms with Gasteiger partial charge in [-0.25, -0.2) is 9.78 Å². The number of hydrogen-bond acceptors (Lipinski definition) is 3. The second-order valence-corrected chi connectivity index (χ2v) is 5.05. The van der Waals surface area contributed by atoms with Crippen LogP contribution in [-0.4, -0.2) is 31.8 Å². The third kappa shape index (κ3) is 2.82. The highest BCUT2D eigenvalue weighted by Gasteiger charge is 2.16. The summed E-state index contributed by atoms with van der Waals surface area (Å²) in [6, 6.07) is 5.20. The van der Waals surface area contributed by atoms with Gasteiger partial charge in [-0.3, -0.25) is 0 Å². The van der Waals surface area contributed by atoms with E-state index in [4.69, 9.17) is 0 Å². The van der Waals surface area contributed by atoms with Crippen LogP contribution in [0, 0.1) is 0 Å². The molecule has 20 heavy (non-hydrogen) atoms. The predicted molar refractivity (Wildman–Crippen MR) is 77.0 cm³/mol. The summed E-state index contributed by atoms with van der Waals surface area (Å²) in [7, 11) is 0. The third-order valence-electron chi connectivity index (χ3n) is 3.33. The summed E-state index contributed by atoms with van der Waals surface area (Å²) in [6.45, 7) is 4.46. The van der Waals surface area contributed by atoms with E-state index in [0.717, 1.165) is 24.2 Å². The molecule has 5 heteroatoms. The second kappa shape index (κ2) is 6.05. The van der Waals surface area contributed by atoms with Crippen molar-refractivity contribution in [3.05, 3.63) is 29.6 Å². The lowest BCUT2D eigenvalue weighted by Gasteiger charge is -2.10. The first-order chi connectivity index (χ1) is 9.54. The number of aliphatic hydroxyl groups is 1. The van der Waals surface area contributed by atoms with E-state index < -0.39 is 5.97 Å². The number of benzene rings is 1. The number of carbonyl (C=O) groups is 1. The van der Waals surface area contributed by atoms with Crippen LogP contribution in [0.5, 0.6) is 0 Å². The van der Waals surface area contributed by atoms with Crippen molar-refractivity contribution in [1.82, 2.24) is 9.55 Å². The minimum absolute atomic E-state index is 0.232. The highest BCUT2D eigenvalue weighted by Crippen LogP contribution is 2.22. The van der Waals surface area contributed by atoms with Crippen LogP contribution in [0.1, 0.15) is 42.9 Å². The van der Waals surface area contributed by atoms with Gasteiger partial charge in [0, 0.05) is 13.0 Å². The standard InChI is InChI=1S/C15H20N2O3/c1-3-5-13-16-14-11(15(19)20)6-4-7-12(14)17(13)9-8-10(2)18/h4,6-7,10,18H,3,5,8-9H2,1-2H3,(H,19,20). The number of aromatic nitrogens is 2. The lowest BCUT2D eigenvalue weighted by Crippen LogP contribution is -2.09. The number of aromatic carboxylic acids is 1. The number of imidazole rings is 1. The Labute approximate surface area is 117 Å². The smallest absolute Gasteiger partial charge is 0.337 e. The Hall–Kier alpha value is -1.88. The molecule has 0 bridgehead atoms. The Morgan fingerprint density at radius 3 is 2.80 bits per heavy atom. The van der Waals surface area contributed by atoms with Crippen LogP contribution in [0.4, 0.5) is 0 Å². The van der Waals surface area contributed by atoms with Crippen molar-refractivity contribution in [2.24, 2.45) is 0 Å². The Balaban J connectivity index is 2.54. The summed E-state index contributed by atoms with van der Waals surface area (Å²) in [5, 5.41) is 18.7. The van der Waals surface area contributed by atoms with E-state index in [2.05, 4.69) is 11.9 Å². The van der Waals surface area contributed by atoms with Crippen molar-refractivity contribution >= 4 is 17.0 Å². The molecule has 0 spiro atoms. The molecule has 1 aromatic heterocycles. The summed E-state index contributed by atoms with van der Waals surface area (Å²) in [5.41, 5.74) is 1.60. The first-order valence-electron chi connectivity index (χ1n) is 6.94. The minimum atomic E-state index is -0.959. The topological polar surface area (TPSA) is 75.3 Å². The van der Waals surface area contributed by atoms with Gasteiger partial charge in [-0.2, -0.15) is 0 Å². The molecule has 2 aromatic rings. The number of carboxylic acids is 1. The first-order valence-corrected chi connectivity index (χ1v) is 6.94. The van der Waals surface area contributed by atoms with E-state index in [0.29, 0.717) is 18.5 Å². The highest BCUT2D eigenvalue weighted by molar-refractivity contribution is 6.01. The molecule has 0 fully saturated rings. The average molecular weight is 276 g/mol. The van der Waals surface area contributed by atoms with Crippen molar-refractivity contribution in [3.63, 3.8) is 0 Å². The molecule has 0 radical (unpaired) electrons. The molecule has 108 valence electrons. The van der Waals surface area contributed by atoms with Gasteiger partial charge in [0.15, 0.2) is 0 Å². The maximum Gasteiger partial charge on any atom is 0.337 e. The number of nitrogens with zero attached hydrogens (tertiary/aromatic N) is 2. The Bertz CT molecular complexity index is 617. The molecule has 0 aliphatic carbocycles. The molecule has 0 aliphatic rings. The Morgan fingerprint density at radius 1 is 1.45 bits per heavy atom. The van der Waals surface area contributed by atoms with Crippen LogP contribution in [-0.2, 0) is 13.0 Å². The van der Waals surface area contributed by atoms with Crippen molar-refractivity contribution in [3.8, 4) is 0 Å². The zero-order chi connectivity index (χ0) is 14.7. The maximum atomic E-state index is 11.3. The highest BCUT2D eigenvalue weighted by atomic mass is 16.4. The van der Waals surface area contributed by atoms with E-state index in [9.17, 15) is 15.0 Å². The molecule has 0 aliphatic heterocycles. The Morgan fingerprint density at radius 2 is 2.20 bits per heavy atom. The van der Waals surface area contributed by atoms with E-state index in [-0.39, 0.29) is 11.7 Å². The molecule has 1 aromatic carbocycles. The van der Waals surface area contributed by atoms with Crippen LogP contribution < -0.4 is 0 Å². The molecule has 1 heterocycles. The van der Waals surface area contributed by atoms with Gasteiger partial charge in [0.05, 0.1) is 17.2 Å². The van der Waals surface area contributed by atoms with Gasteiger partial charge >= 0.3 is 5.97 Å². The lowest BCUT2D eigenvalue weighted by molar-refractivity contribution is 0.0699. The van der Waals surface area contributed by atoms with Crippen LogP contribution in [0.15, 0.2) is 18.2 Å². The average Bonchev–Trinajstić information content (AvgIpc) is 2.73. The Kier molecular flexibility index (Phi) is 4.39. The molecule has 1 unspecified atom stereocenters. The number of aliphatic hydroxyl groups excluding tert-OH is 1. The van der Waals surface area contributed by atoms with Gasteiger partial charge in [-0.1, -0.05) is 13.0 Å². The quantitative estimate of drug-likeness (QED) is 0.849. The molecule has 0 saturated heterocycles. The van der Waals surface area contributed by atoms with Crippen LogP contribution in [0.2, 0.25) is 0 Å². The number of fused-ring (bicyclic) bond motifs is 1. The fourth-order valence-electron chi connectivity index (χ4n) is 2.35. The number of carboxylic acid groups (broad SMARTS) is 1. The van der Waals surface area contributed by atoms with Crippen molar-refractivity contribution in [1.29, 1.82) is 0 Å². The minimum Gasteiger partial charge on any atom is -0.478 e. The molecule has 2 N–H and O–H groups in total. The zero-order valence-electron chi connectivity index (χ0n) is 11.8. The summed E-state index contributed by atoms with van der Waals surface area (Å²) in [5.74, 6) is -0.0734. The summed E-state index contributed by atoms with van der Waals surface area (Å²) in [4.78, 5) is 15.8. The van der Waals surface area contributed by atoms with Crippen molar-refractivity contribution < 1.29 is 15.0 Å². The SMILES string of the molecule is CCCc1nc2c(C(=O)O)cccc2n1CCC(C)O. The van der Waals surface area contributed by atoms with Gasteiger partial charge in [-0.05, 0) is 31.9 Å². The van der Waals surface area contributed by atoms with Crippen molar-refractivity contribution in [2.45, 2.75) is 45.8 Å². The van der Waals surface area contributed by atoms with Gasteiger partial charge < -0.3 is 14.8 Å². The normalized spacial score (nSPS) is 12.8. The zero-order valence-corrected chi connectivity index (χ0v) is 11.8. The maximum absolute atomic E-state index is 11.3. The summed E-state index contributed by atoms with van der Waals surface area (Å²) < 4.78 is 2.03. The lowest BCUT2D eigenvalue weighted by atomic mass is 10.2. The van der Waals surface area contributed by atoms with E-state index in [1.807, 2.05) is 10.6 Å². The first kappa shape index (κ1) is 14.5. The van der Waals surface area contributed by atoms with Crippen molar-refractivity contribution in [2.75, 3.05) is 0 Å². The van der Waals surface area contributed by atoms with E-state index in [1.165, 1.54) is 0 Å². The van der Waals surface area contributed by atoms with Gasteiger partial charge in [-0.15, -0.1) is 0 Å². The number of aryl methyl sites for hydroxylation is 2. The second-order valence-electron chi connectivity index (χ2n) is 5.05. The van der Waals surface area contributed by atoms with Crippen LogP contribution in [0.3, 0.4) is 0 Å². The number of rotatable bonds is 6. The fraction of sp³-hybridized carbons (Fsp3) is 0.467. The molecule has 2 rings (SSSR count). The fourth-order valence-corrected chi connectivity index (χ4v) is 2.35. The molecule has 0 saturated carbocycles. The summed E-state index contributed by atoms with van der Waals surface area (Å²) in [6.07, 6.45) is 1.98. The van der Waals surface area contributed by atoms with Crippen LogP contribution in [0.25, 0.3) is 11.0 Å². The summed E-state index contributed by atoms with van der Waals surface area (Å²) >= 11 is 0. The number of para-hydroxylation sites is 1. The largest absolute Gasteiger partial charge is 0.478 e. The van der Waals surface area contributed by atoms with E-state index >= 15 is 0 Å². The predicted octanol–water partition coefficient (Wildman–Crippen LogP) is 2.46. The number of hydrogen-bond donors (Lipinski definition) is 2. The molecular formula is C15H20N2O3. The molecule has 5 nitrogen and oxygen atoms in total. The monoisotopic (exact) mass is 276 g/mol. The molecule has 1 atom stereocenters. The van der Waals surface area contributed by atoms with Gasteiger partial charge in [0.1, 0.15) is 11.3 Å². The van der Waals surface area contributed by atoms with Gasteiger partial charge in [0.2, 0.25) is 0 Å². The van der Waals surface area contributed by atoms with E-state index in [1.54, 1.807) is 19.1 Å². The van der Waals surface area contributed by atoms with Gasteiger partial charge in [0.25, 0.3) is 0 Å². The third-order valence-corrected chi connectivity index (χ3v) is 3.33. The van der Waals surface area contributed by atoms with Crippen LogP contribution >= 0.6 is 0 Å².